The lowest BCUT2D eigenvalue weighted by atomic mass is 9.83. The first-order valence-electron chi connectivity index (χ1n) is 12.9. The Bertz CT molecular complexity index is 1520. The van der Waals surface area contributed by atoms with Crippen LogP contribution >= 0.6 is 0 Å². The summed E-state index contributed by atoms with van der Waals surface area (Å²) in [7, 11) is 0. The third kappa shape index (κ3) is 4.79. The van der Waals surface area contributed by atoms with Crippen LogP contribution in [0.15, 0.2) is 55.2 Å². The first-order valence-corrected chi connectivity index (χ1v) is 12.9. The molecule has 5 heterocycles. The van der Waals surface area contributed by atoms with Crippen molar-refractivity contribution in [1.82, 2.24) is 29.3 Å². The zero-order valence-electron chi connectivity index (χ0n) is 21.1. The summed E-state index contributed by atoms with van der Waals surface area (Å²) in [6.07, 6.45) is 5.00. The second kappa shape index (κ2) is 9.77. The number of hydrogen-bond acceptors (Lipinski definition) is 5. The van der Waals surface area contributed by atoms with E-state index in [0.29, 0.717) is 25.6 Å². The number of H-pyrrole nitrogens is 1. The summed E-state index contributed by atoms with van der Waals surface area (Å²) >= 11 is 0. The molecule has 0 amide bonds. The van der Waals surface area contributed by atoms with Crippen LogP contribution in [-0.4, -0.2) is 61.5 Å². The van der Waals surface area contributed by atoms with Crippen molar-refractivity contribution in [3.63, 3.8) is 0 Å². The Hall–Kier alpha value is -3.75. The molecule has 202 valence electrons. The Kier molecular flexibility index (Phi) is 6.40. The van der Waals surface area contributed by atoms with E-state index in [4.69, 9.17) is 0 Å². The van der Waals surface area contributed by atoms with Gasteiger partial charge in [0.25, 0.3) is 0 Å². The number of aromatic nitrogens is 4. The van der Waals surface area contributed by atoms with Gasteiger partial charge in [-0.2, -0.15) is 18.4 Å². The Labute approximate surface area is 222 Å². The molecule has 2 fully saturated rings. The van der Waals surface area contributed by atoms with Gasteiger partial charge in [0.05, 0.1) is 29.3 Å². The quantitative estimate of drug-likeness (QED) is 0.344. The van der Waals surface area contributed by atoms with Gasteiger partial charge in [0, 0.05) is 60.8 Å². The predicted molar refractivity (Wildman–Crippen MR) is 137 cm³/mol. The summed E-state index contributed by atoms with van der Waals surface area (Å²) in [5, 5.41) is 10.6. The molecule has 0 unspecified atom stereocenters. The van der Waals surface area contributed by atoms with Gasteiger partial charge in [-0.1, -0.05) is 0 Å². The van der Waals surface area contributed by atoms with Gasteiger partial charge >= 0.3 is 6.18 Å². The van der Waals surface area contributed by atoms with E-state index in [1.54, 1.807) is 0 Å². The molecule has 6 rings (SSSR count). The fourth-order valence-corrected chi connectivity index (χ4v) is 5.97. The van der Waals surface area contributed by atoms with E-state index in [1.807, 2.05) is 29.4 Å². The molecule has 1 N–H and O–H groups in total. The van der Waals surface area contributed by atoms with Crippen LogP contribution in [0.5, 0.6) is 0 Å². The first kappa shape index (κ1) is 25.5. The minimum Gasteiger partial charge on any atom is -0.346 e. The van der Waals surface area contributed by atoms with E-state index >= 15 is 0 Å². The topological polar surface area (TPSA) is 76.8 Å². The molecule has 2 aliphatic heterocycles. The number of rotatable bonds is 6. The van der Waals surface area contributed by atoms with Crippen LogP contribution in [0.4, 0.5) is 17.6 Å². The highest BCUT2D eigenvalue weighted by atomic mass is 19.4. The lowest BCUT2D eigenvalue weighted by molar-refractivity contribution is -0.137. The Morgan fingerprint density at radius 3 is 2.64 bits per heavy atom. The van der Waals surface area contributed by atoms with Crippen LogP contribution < -0.4 is 0 Å². The molecular formula is C28H27F4N7. The second-order valence-electron chi connectivity index (χ2n) is 10.5. The number of likely N-dealkylation sites (tertiary alicyclic amines) is 2. The standard InChI is InChI=1S/C28H27F4N7/c29-24-2-1-21(28(30,31)32)13-20(24)14-37-10-5-22(6-11-37)38-16-27(17-38,7-8-33)39-12-4-19(15-39)25-23-3-9-34-26(23)36-18-35-25/h1-4,9,12-13,15,18,22H,5-7,10-11,14,16-17H2,(H,34,35,36). The average molecular weight is 538 g/mol. The highest BCUT2D eigenvalue weighted by Crippen LogP contribution is 2.38. The zero-order valence-corrected chi connectivity index (χ0v) is 21.1. The molecule has 7 nitrogen and oxygen atoms in total. The molecule has 4 aromatic rings. The van der Waals surface area contributed by atoms with Crippen molar-refractivity contribution in [1.29, 1.82) is 5.26 Å². The lowest BCUT2D eigenvalue weighted by Gasteiger charge is -2.54. The SMILES string of the molecule is N#CCC1(n2ccc(-c3ncnc4[nH]ccc34)c2)CN(C2CCN(Cc3cc(C(F)(F)F)ccc3F)CC2)C1. The fourth-order valence-electron chi connectivity index (χ4n) is 5.97. The third-order valence-electron chi connectivity index (χ3n) is 8.11. The minimum atomic E-state index is -4.49. The van der Waals surface area contributed by atoms with Crippen LogP contribution in [0, 0.1) is 17.1 Å². The fraction of sp³-hybridized carbons (Fsp3) is 0.393. The van der Waals surface area contributed by atoms with Crippen molar-refractivity contribution in [3.05, 3.63) is 72.2 Å². The van der Waals surface area contributed by atoms with Crippen molar-refractivity contribution in [2.45, 2.75) is 43.6 Å². The number of nitrogens with zero attached hydrogens (tertiary/aromatic N) is 6. The van der Waals surface area contributed by atoms with Crippen molar-refractivity contribution >= 4 is 11.0 Å². The van der Waals surface area contributed by atoms with Crippen molar-refractivity contribution in [2.75, 3.05) is 26.2 Å². The molecule has 0 radical (unpaired) electrons. The largest absolute Gasteiger partial charge is 0.416 e. The minimum absolute atomic E-state index is 0.0734. The van der Waals surface area contributed by atoms with E-state index in [2.05, 4.69) is 36.7 Å². The Morgan fingerprint density at radius 2 is 1.90 bits per heavy atom. The van der Waals surface area contributed by atoms with E-state index in [9.17, 15) is 22.8 Å². The van der Waals surface area contributed by atoms with Gasteiger partial charge in [-0.15, -0.1) is 0 Å². The molecule has 11 heteroatoms. The molecule has 2 saturated heterocycles. The summed E-state index contributed by atoms with van der Waals surface area (Å²) in [6, 6.07) is 9.24. The van der Waals surface area contributed by atoms with Crippen LogP contribution in [0.1, 0.15) is 30.4 Å². The van der Waals surface area contributed by atoms with Crippen LogP contribution in [0.3, 0.4) is 0 Å². The van der Waals surface area contributed by atoms with E-state index in [1.165, 1.54) is 6.33 Å². The molecule has 0 saturated carbocycles. The normalized spacial score (nSPS) is 18.7. The van der Waals surface area contributed by atoms with Gasteiger partial charge in [0.15, 0.2) is 0 Å². The summed E-state index contributed by atoms with van der Waals surface area (Å²) in [5.74, 6) is -0.612. The first-order chi connectivity index (χ1) is 18.8. The molecule has 0 atom stereocenters. The monoisotopic (exact) mass is 537 g/mol. The Balaban J connectivity index is 1.10. The number of piperidine rings is 1. The zero-order chi connectivity index (χ0) is 27.2. The van der Waals surface area contributed by atoms with Gasteiger partial charge in [-0.25, -0.2) is 14.4 Å². The van der Waals surface area contributed by atoms with Gasteiger partial charge in [0.1, 0.15) is 17.8 Å². The smallest absolute Gasteiger partial charge is 0.346 e. The van der Waals surface area contributed by atoms with Crippen molar-refractivity contribution < 1.29 is 17.6 Å². The van der Waals surface area contributed by atoms with E-state index in [0.717, 1.165) is 66.4 Å². The molecule has 1 aromatic carbocycles. The lowest BCUT2D eigenvalue weighted by Crippen LogP contribution is -2.66. The summed E-state index contributed by atoms with van der Waals surface area (Å²) < 4.78 is 55.6. The number of hydrogen-bond donors (Lipinski definition) is 1. The predicted octanol–water partition coefficient (Wildman–Crippen LogP) is 5.17. The number of fused-ring (bicyclic) bond motifs is 1. The third-order valence-corrected chi connectivity index (χ3v) is 8.11. The highest BCUT2D eigenvalue weighted by Gasteiger charge is 2.47. The highest BCUT2D eigenvalue weighted by molar-refractivity contribution is 5.90. The van der Waals surface area contributed by atoms with Crippen LogP contribution in [0.25, 0.3) is 22.3 Å². The van der Waals surface area contributed by atoms with Crippen molar-refractivity contribution in [3.8, 4) is 17.3 Å². The number of alkyl halides is 3. The van der Waals surface area contributed by atoms with Crippen molar-refractivity contribution in [2.24, 2.45) is 0 Å². The average Bonchev–Trinajstić information content (AvgIpc) is 3.57. The maximum absolute atomic E-state index is 14.2. The molecular weight excluding hydrogens is 510 g/mol. The molecule has 0 aliphatic carbocycles. The Morgan fingerprint density at radius 1 is 1.10 bits per heavy atom. The summed E-state index contributed by atoms with van der Waals surface area (Å²) in [6.45, 7) is 2.99. The number of nitrogens with one attached hydrogen (secondary N) is 1. The molecule has 0 bridgehead atoms. The molecule has 3 aromatic heterocycles. The van der Waals surface area contributed by atoms with E-state index < -0.39 is 17.6 Å². The molecule has 0 spiro atoms. The van der Waals surface area contributed by atoms with Gasteiger partial charge in [0.2, 0.25) is 0 Å². The number of nitriles is 1. The number of benzene rings is 1. The maximum atomic E-state index is 14.2. The number of halogens is 4. The number of aromatic amines is 1. The van der Waals surface area contributed by atoms with E-state index in [-0.39, 0.29) is 17.6 Å². The second-order valence-corrected chi connectivity index (χ2v) is 10.5. The summed E-state index contributed by atoms with van der Waals surface area (Å²) in [4.78, 5) is 16.2. The van der Waals surface area contributed by atoms with Gasteiger partial charge in [-0.3, -0.25) is 9.80 Å². The van der Waals surface area contributed by atoms with Gasteiger partial charge < -0.3 is 9.55 Å². The van der Waals surface area contributed by atoms with Crippen LogP contribution in [0.2, 0.25) is 0 Å². The molecule has 2 aliphatic rings. The summed E-state index contributed by atoms with van der Waals surface area (Å²) in [5.41, 5.74) is 1.50. The van der Waals surface area contributed by atoms with Gasteiger partial charge in [-0.05, 0) is 56.3 Å². The molecule has 39 heavy (non-hydrogen) atoms. The van der Waals surface area contributed by atoms with Crippen LogP contribution in [-0.2, 0) is 18.3 Å². The maximum Gasteiger partial charge on any atom is 0.416 e.